The Balaban J connectivity index is 3.42. The summed E-state index contributed by atoms with van der Waals surface area (Å²) in [6.07, 6.45) is 3.02. The molecular formula is C15H28O4. The van der Waals surface area contributed by atoms with Gasteiger partial charge in [0.25, 0.3) is 0 Å². The van der Waals surface area contributed by atoms with E-state index < -0.39 is 0 Å². The molecule has 0 amide bonds. The standard InChI is InChI=1S/C15H28O4/c1-12(2)9-10-18-14(16)7-5-6-8-15(17)19-11-13(3)4/h12-13H,5-11H2,1-4H3. The molecule has 0 aliphatic rings. The zero-order valence-corrected chi connectivity index (χ0v) is 12.7. The fraction of sp³-hybridized carbons (Fsp3) is 0.867. The van der Waals surface area contributed by atoms with Crippen LogP contribution >= 0.6 is 0 Å². The molecule has 0 aliphatic carbocycles. The number of rotatable bonds is 10. The van der Waals surface area contributed by atoms with Gasteiger partial charge in [-0.1, -0.05) is 27.7 Å². The van der Waals surface area contributed by atoms with Crippen molar-refractivity contribution in [2.24, 2.45) is 11.8 Å². The molecule has 0 rings (SSSR count). The lowest BCUT2D eigenvalue weighted by Crippen LogP contribution is -2.10. The molecule has 0 N–H and O–H groups in total. The highest BCUT2D eigenvalue weighted by molar-refractivity contribution is 5.70. The summed E-state index contributed by atoms with van der Waals surface area (Å²) in [6.45, 7) is 9.15. The van der Waals surface area contributed by atoms with E-state index in [1.165, 1.54) is 0 Å². The van der Waals surface area contributed by atoms with Gasteiger partial charge in [-0.25, -0.2) is 0 Å². The first-order valence-corrected chi connectivity index (χ1v) is 7.23. The van der Waals surface area contributed by atoms with Gasteiger partial charge < -0.3 is 9.47 Å². The van der Waals surface area contributed by atoms with Crippen LogP contribution in [-0.2, 0) is 19.1 Å². The van der Waals surface area contributed by atoms with Crippen LogP contribution in [0.4, 0.5) is 0 Å². The van der Waals surface area contributed by atoms with Crippen LogP contribution < -0.4 is 0 Å². The quantitative estimate of drug-likeness (QED) is 0.452. The van der Waals surface area contributed by atoms with Gasteiger partial charge in [-0.2, -0.15) is 0 Å². The smallest absolute Gasteiger partial charge is 0.305 e. The molecule has 0 aliphatic heterocycles. The second kappa shape index (κ2) is 10.8. The first kappa shape index (κ1) is 17.9. The SMILES string of the molecule is CC(C)CCOC(=O)CCCCC(=O)OCC(C)C. The predicted molar refractivity (Wildman–Crippen MR) is 74.7 cm³/mol. The number of carbonyl (C=O) groups excluding carboxylic acids is 2. The second-order valence-corrected chi connectivity index (χ2v) is 5.69. The summed E-state index contributed by atoms with van der Waals surface area (Å²) in [7, 11) is 0. The van der Waals surface area contributed by atoms with E-state index in [1.54, 1.807) is 0 Å². The lowest BCUT2D eigenvalue weighted by atomic mass is 10.1. The average Bonchev–Trinajstić information content (AvgIpc) is 2.31. The molecule has 4 nitrogen and oxygen atoms in total. The Hall–Kier alpha value is -1.06. The second-order valence-electron chi connectivity index (χ2n) is 5.69. The van der Waals surface area contributed by atoms with Crippen molar-refractivity contribution in [1.82, 2.24) is 0 Å². The van der Waals surface area contributed by atoms with Crippen LogP contribution in [0.5, 0.6) is 0 Å². The third-order valence-electron chi connectivity index (χ3n) is 2.55. The monoisotopic (exact) mass is 272 g/mol. The summed E-state index contributed by atoms with van der Waals surface area (Å²) >= 11 is 0. The number of unbranched alkanes of at least 4 members (excludes halogenated alkanes) is 1. The van der Waals surface area contributed by atoms with Crippen LogP contribution in [0.15, 0.2) is 0 Å². The maximum Gasteiger partial charge on any atom is 0.305 e. The summed E-state index contributed by atoms with van der Waals surface area (Å²) in [4.78, 5) is 22.6. The van der Waals surface area contributed by atoms with Crippen molar-refractivity contribution in [1.29, 1.82) is 0 Å². The van der Waals surface area contributed by atoms with E-state index in [2.05, 4.69) is 13.8 Å². The number of ether oxygens (including phenoxy) is 2. The molecule has 0 unspecified atom stereocenters. The Kier molecular flexibility index (Phi) is 10.2. The van der Waals surface area contributed by atoms with Crippen molar-refractivity contribution < 1.29 is 19.1 Å². The molecule has 4 heteroatoms. The molecular weight excluding hydrogens is 244 g/mol. The summed E-state index contributed by atoms with van der Waals surface area (Å²) in [5.74, 6) is 0.557. The normalized spacial score (nSPS) is 10.8. The van der Waals surface area contributed by atoms with Gasteiger partial charge in [0.05, 0.1) is 13.2 Å². The van der Waals surface area contributed by atoms with E-state index >= 15 is 0 Å². The number of hydrogen-bond acceptors (Lipinski definition) is 4. The highest BCUT2D eigenvalue weighted by Crippen LogP contribution is 2.05. The average molecular weight is 272 g/mol. The zero-order chi connectivity index (χ0) is 14.7. The fourth-order valence-electron chi connectivity index (χ4n) is 1.35. The van der Waals surface area contributed by atoms with E-state index in [-0.39, 0.29) is 11.9 Å². The Morgan fingerprint density at radius 1 is 0.842 bits per heavy atom. The Morgan fingerprint density at radius 2 is 1.37 bits per heavy atom. The maximum absolute atomic E-state index is 11.3. The van der Waals surface area contributed by atoms with E-state index in [9.17, 15) is 9.59 Å². The molecule has 0 bridgehead atoms. The highest BCUT2D eigenvalue weighted by atomic mass is 16.5. The van der Waals surface area contributed by atoms with E-state index in [1.807, 2.05) is 13.8 Å². The zero-order valence-electron chi connectivity index (χ0n) is 12.7. The molecule has 0 saturated carbocycles. The molecule has 0 aromatic carbocycles. The molecule has 0 atom stereocenters. The summed E-state index contributed by atoms with van der Waals surface area (Å²) < 4.78 is 10.1. The molecule has 112 valence electrons. The van der Waals surface area contributed by atoms with Crippen LogP contribution in [0.3, 0.4) is 0 Å². The minimum Gasteiger partial charge on any atom is -0.466 e. The van der Waals surface area contributed by atoms with Crippen molar-refractivity contribution in [3.8, 4) is 0 Å². The lowest BCUT2D eigenvalue weighted by molar-refractivity contribution is -0.146. The van der Waals surface area contributed by atoms with Crippen LogP contribution in [-0.4, -0.2) is 25.2 Å². The predicted octanol–water partition coefficient (Wildman–Crippen LogP) is 3.34. The topological polar surface area (TPSA) is 52.6 Å². The van der Waals surface area contributed by atoms with Crippen LogP contribution in [0.2, 0.25) is 0 Å². The fourth-order valence-corrected chi connectivity index (χ4v) is 1.35. The van der Waals surface area contributed by atoms with Gasteiger partial charge in [0, 0.05) is 12.8 Å². The summed E-state index contributed by atoms with van der Waals surface area (Å²) in [5, 5.41) is 0. The summed E-state index contributed by atoms with van der Waals surface area (Å²) in [5.41, 5.74) is 0. The molecule has 19 heavy (non-hydrogen) atoms. The third kappa shape index (κ3) is 13.2. The van der Waals surface area contributed by atoms with Crippen LogP contribution in [0.1, 0.15) is 59.8 Å². The van der Waals surface area contributed by atoms with Crippen LogP contribution in [0.25, 0.3) is 0 Å². The molecule has 0 radical (unpaired) electrons. The molecule has 0 aromatic heterocycles. The lowest BCUT2D eigenvalue weighted by Gasteiger charge is -2.07. The van der Waals surface area contributed by atoms with Crippen molar-refractivity contribution in [3.63, 3.8) is 0 Å². The van der Waals surface area contributed by atoms with Gasteiger partial charge in [0.2, 0.25) is 0 Å². The Morgan fingerprint density at radius 3 is 1.84 bits per heavy atom. The van der Waals surface area contributed by atoms with Gasteiger partial charge in [-0.3, -0.25) is 9.59 Å². The van der Waals surface area contributed by atoms with E-state index in [4.69, 9.17) is 9.47 Å². The minimum absolute atomic E-state index is 0.170. The molecule has 0 heterocycles. The summed E-state index contributed by atoms with van der Waals surface area (Å²) in [6, 6.07) is 0. The maximum atomic E-state index is 11.3. The van der Waals surface area contributed by atoms with E-state index in [0.29, 0.717) is 50.7 Å². The third-order valence-corrected chi connectivity index (χ3v) is 2.55. The van der Waals surface area contributed by atoms with Crippen molar-refractivity contribution in [3.05, 3.63) is 0 Å². The van der Waals surface area contributed by atoms with Crippen molar-refractivity contribution >= 4 is 11.9 Å². The van der Waals surface area contributed by atoms with Gasteiger partial charge in [-0.15, -0.1) is 0 Å². The largest absolute Gasteiger partial charge is 0.466 e. The number of esters is 2. The van der Waals surface area contributed by atoms with Crippen molar-refractivity contribution in [2.75, 3.05) is 13.2 Å². The Bertz CT molecular complexity index is 259. The van der Waals surface area contributed by atoms with Crippen molar-refractivity contribution in [2.45, 2.75) is 59.8 Å². The van der Waals surface area contributed by atoms with Gasteiger partial charge in [-0.05, 0) is 31.1 Å². The molecule has 0 spiro atoms. The number of carbonyl (C=O) groups is 2. The first-order chi connectivity index (χ1) is 8.91. The number of hydrogen-bond donors (Lipinski definition) is 0. The molecule has 0 saturated heterocycles. The molecule has 0 aromatic rings. The Labute approximate surface area is 116 Å². The highest BCUT2D eigenvalue weighted by Gasteiger charge is 2.07. The molecule has 0 fully saturated rings. The van der Waals surface area contributed by atoms with Gasteiger partial charge in [0.1, 0.15) is 0 Å². The van der Waals surface area contributed by atoms with E-state index in [0.717, 1.165) is 6.42 Å². The minimum atomic E-state index is -0.179. The van der Waals surface area contributed by atoms with Crippen LogP contribution in [0, 0.1) is 11.8 Å². The van der Waals surface area contributed by atoms with Gasteiger partial charge >= 0.3 is 11.9 Å². The first-order valence-electron chi connectivity index (χ1n) is 7.23. The van der Waals surface area contributed by atoms with Gasteiger partial charge in [0.15, 0.2) is 0 Å².